The number of rotatable bonds is 7. The normalized spacial score (nSPS) is 10.2. The average Bonchev–Trinajstić information content (AvgIpc) is 2.74. The van der Waals surface area contributed by atoms with E-state index in [9.17, 15) is 9.59 Å². The number of methoxy groups -OCH3 is 1. The predicted molar refractivity (Wildman–Crippen MR) is 117 cm³/mol. The maximum absolute atomic E-state index is 12.7. The molecule has 7 heteroatoms. The van der Waals surface area contributed by atoms with E-state index in [0.29, 0.717) is 40.1 Å². The molecule has 6 nitrogen and oxygen atoms in total. The first-order valence-corrected chi connectivity index (χ1v) is 9.57. The molecular formula is C23H21ClN2O4. The fourth-order valence-electron chi connectivity index (χ4n) is 2.78. The van der Waals surface area contributed by atoms with Crippen LogP contribution in [0, 0.1) is 0 Å². The summed E-state index contributed by atoms with van der Waals surface area (Å²) in [7, 11) is 1.51. The summed E-state index contributed by atoms with van der Waals surface area (Å²) in [5.74, 6) is 0.339. The maximum atomic E-state index is 12.7. The summed E-state index contributed by atoms with van der Waals surface area (Å²) in [5.41, 5.74) is 2.25. The van der Waals surface area contributed by atoms with Gasteiger partial charge in [-0.2, -0.15) is 0 Å². The van der Waals surface area contributed by atoms with E-state index in [1.807, 2.05) is 30.3 Å². The van der Waals surface area contributed by atoms with Crippen molar-refractivity contribution < 1.29 is 19.1 Å². The number of carbonyl (C=O) groups excluding carboxylic acids is 2. The molecule has 0 aliphatic rings. The largest absolute Gasteiger partial charge is 0.493 e. The monoisotopic (exact) mass is 424 g/mol. The first-order chi connectivity index (χ1) is 14.5. The van der Waals surface area contributed by atoms with E-state index in [1.165, 1.54) is 14.0 Å². The lowest BCUT2D eigenvalue weighted by molar-refractivity contribution is -0.114. The minimum absolute atomic E-state index is 0.269. The number of amides is 2. The lowest BCUT2D eigenvalue weighted by atomic mass is 10.1. The van der Waals surface area contributed by atoms with Crippen LogP contribution in [-0.4, -0.2) is 18.9 Å². The van der Waals surface area contributed by atoms with Crippen molar-refractivity contribution >= 4 is 34.8 Å². The standard InChI is InChI=1S/C23H21ClN2O4/c1-15(27)25-20-13-18(24)9-10-19(20)26-23(28)17-8-11-21(22(12-17)29-2)30-14-16-6-4-3-5-7-16/h3-13H,14H2,1-2H3,(H,25,27)(H,26,28). The number of ether oxygens (including phenoxy) is 2. The SMILES string of the molecule is COc1cc(C(=O)Nc2ccc(Cl)cc2NC(C)=O)ccc1OCc1ccccc1. The lowest BCUT2D eigenvalue weighted by Gasteiger charge is -2.14. The van der Waals surface area contributed by atoms with Crippen LogP contribution in [-0.2, 0) is 11.4 Å². The summed E-state index contributed by atoms with van der Waals surface area (Å²) in [6.07, 6.45) is 0. The van der Waals surface area contributed by atoms with Crippen molar-refractivity contribution in [3.05, 3.63) is 82.9 Å². The summed E-state index contributed by atoms with van der Waals surface area (Å²) in [6.45, 7) is 1.76. The highest BCUT2D eigenvalue weighted by Crippen LogP contribution is 2.30. The zero-order chi connectivity index (χ0) is 21.5. The number of hydrogen-bond acceptors (Lipinski definition) is 4. The van der Waals surface area contributed by atoms with E-state index >= 15 is 0 Å². The second kappa shape index (κ2) is 9.80. The Morgan fingerprint density at radius 1 is 0.900 bits per heavy atom. The number of hydrogen-bond donors (Lipinski definition) is 2. The van der Waals surface area contributed by atoms with Gasteiger partial charge >= 0.3 is 0 Å². The zero-order valence-electron chi connectivity index (χ0n) is 16.6. The molecule has 0 aliphatic heterocycles. The van der Waals surface area contributed by atoms with Gasteiger partial charge in [0.2, 0.25) is 5.91 Å². The van der Waals surface area contributed by atoms with Gasteiger partial charge in [0.15, 0.2) is 11.5 Å². The van der Waals surface area contributed by atoms with Gasteiger partial charge in [-0.15, -0.1) is 0 Å². The van der Waals surface area contributed by atoms with Crippen LogP contribution in [0.25, 0.3) is 0 Å². The molecular weight excluding hydrogens is 404 g/mol. The molecule has 0 saturated heterocycles. The lowest BCUT2D eigenvalue weighted by Crippen LogP contribution is -2.15. The van der Waals surface area contributed by atoms with E-state index in [0.717, 1.165) is 5.56 Å². The third-order valence-electron chi connectivity index (χ3n) is 4.20. The Labute approximate surface area is 179 Å². The highest BCUT2D eigenvalue weighted by atomic mass is 35.5. The smallest absolute Gasteiger partial charge is 0.255 e. The number of nitrogens with one attached hydrogen (secondary N) is 2. The average molecular weight is 425 g/mol. The van der Waals surface area contributed by atoms with Crippen molar-refractivity contribution in [1.29, 1.82) is 0 Å². The first kappa shape index (κ1) is 21.2. The van der Waals surface area contributed by atoms with Gasteiger partial charge in [-0.25, -0.2) is 0 Å². The van der Waals surface area contributed by atoms with Crippen LogP contribution in [0.3, 0.4) is 0 Å². The Bertz CT molecular complexity index is 1050. The van der Waals surface area contributed by atoms with Gasteiger partial charge in [0.05, 0.1) is 18.5 Å². The fraction of sp³-hybridized carbons (Fsp3) is 0.130. The van der Waals surface area contributed by atoms with Crippen LogP contribution in [0.4, 0.5) is 11.4 Å². The molecule has 3 aromatic rings. The molecule has 0 radical (unpaired) electrons. The molecule has 0 spiro atoms. The van der Waals surface area contributed by atoms with Gasteiger partial charge in [-0.1, -0.05) is 41.9 Å². The van der Waals surface area contributed by atoms with Gasteiger partial charge in [0.1, 0.15) is 6.61 Å². The molecule has 3 rings (SSSR count). The van der Waals surface area contributed by atoms with Crippen molar-refractivity contribution in [3.8, 4) is 11.5 Å². The Hall–Kier alpha value is -3.51. The molecule has 3 aromatic carbocycles. The first-order valence-electron chi connectivity index (χ1n) is 9.19. The number of halogens is 1. The molecule has 0 bridgehead atoms. The third kappa shape index (κ3) is 5.52. The number of carbonyl (C=O) groups is 2. The summed E-state index contributed by atoms with van der Waals surface area (Å²) in [4.78, 5) is 24.2. The second-order valence-corrected chi connectivity index (χ2v) is 6.90. The van der Waals surface area contributed by atoms with Gasteiger partial charge in [0.25, 0.3) is 5.91 Å². The molecule has 154 valence electrons. The summed E-state index contributed by atoms with van der Waals surface area (Å²) in [6, 6.07) is 19.5. The van der Waals surface area contributed by atoms with E-state index in [4.69, 9.17) is 21.1 Å². The Kier molecular flexibility index (Phi) is 6.93. The molecule has 2 amide bonds. The van der Waals surface area contributed by atoms with E-state index < -0.39 is 0 Å². The van der Waals surface area contributed by atoms with Crippen LogP contribution >= 0.6 is 11.6 Å². The zero-order valence-corrected chi connectivity index (χ0v) is 17.3. The molecule has 0 aromatic heterocycles. The predicted octanol–water partition coefficient (Wildman–Crippen LogP) is 5.14. The number of benzene rings is 3. The van der Waals surface area contributed by atoms with E-state index in [1.54, 1.807) is 36.4 Å². The molecule has 0 atom stereocenters. The minimum Gasteiger partial charge on any atom is -0.493 e. The minimum atomic E-state index is -0.364. The van der Waals surface area contributed by atoms with Gasteiger partial charge in [0, 0.05) is 17.5 Å². The van der Waals surface area contributed by atoms with Crippen LogP contribution in [0.15, 0.2) is 66.7 Å². The number of anilines is 2. The second-order valence-electron chi connectivity index (χ2n) is 6.47. The maximum Gasteiger partial charge on any atom is 0.255 e. The molecule has 0 heterocycles. The highest BCUT2D eigenvalue weighted by Gasteiger charge is 2.14. The molecule has 0 fully saturated rings. The third-order valence-corrected chi connectivity index (χ3v) is 4.44. The summed E-state index contributed by atoms with van der Waals surface area (Å²) >= 11 is 5.99. The van der Waals surface area contributed by atoms with Crippen molar-refractivity contribution in [3.63, 3.8) is 0 Å². The molecule has 0 saturated carbocycles. The van der Waals surface area contributed by atoms with Crippen LogP contribution in [0.1, 0.15) is 22.8 Å². The Morgan fingerprint density at radius 2 is 1.67 bits per heavy atom. The van der Waals surface area contributed by atoms with Crippen molar-refractivity contribution in [2.24, 2.45) is 0 Å². The van der Waals surface area contributed by atoms with Crippen LogP contribution in [0.2, 0.25) is 5.02 Å². The van der Waals surface area contributed by atoms with E-state index in [-0.39, 0.29) is 11.8 Å². The molecule has 2 N–H and O–H groups in total. The molecule has 0 aliphatic carbocycles. The topological polar surface area (TPSA) is 76.7 Å². The summed E-state index contributed by atoms with van der Waals surface area (Å²) in [5, 5.41) is 5.87. The highest BCUT2D eigenvalue weighted by molar-refractivity contribution is 6.31. The van der Waals surface area contributed by atoms with Crippen molar-refractivity contribution in [1.82, 2.24) is 0 Å². The Balaban J connectivity index is 1.76. The summed E-state index contributed by atoms with van der Waals surface area (Å²) < 4.78 is 11.2. The molecule has 0 unspecified atom stereocenters. The van der Waals surface area contributed by atoms with Crippen LogP contribution in [0.5, 0.6) is 11.5 Å². The van der Waals surface area contributed by atoms with Crippen LogP contribution < -0.4 is 20.1 Å². The Morgan fingerprint density at radius 3 is 2.37 bits per heavy atom. The van der Waals surface area contributed by atoms with Gasteiger partial charge in [-0.05, 0) is 42.0 Å². The van der Waals surface area contributed by atoms with Gasteiger partial charge in [-0.3, -0.25) is 9.59 Å². The van der Waals surface area contributed by atoms with Gasteiger partial charge < -0.3 is 20.1 Å². The van der Waals surface area contributed by atoms with Crippen molar-refractivity contribution in [2.45, 2.75) is 13.5 Å². The molecule has 30 heavy (non-hydrogen) atoms. The fourth-order valence-corrected chi connectivity index (χ4v) is 2.95. The van der Waals surface area contributed by atoms with E-state index in [2.05, 4.69) is 10.6 Å². The van der Waals surface area contributed by atoms with Crippen molar-refractivity contribution in [2.75, 3.05) is 17.7 Å². The quantitative estimate of drug-likeness (QED) is 0.550.